The first-order valence-corrected chi connectivity index (χ1v) is 6.15. The summed E-state index contributed by atoms with van der Waals surface area (Å²) in [5.74, 6) is 1.54. The molecule has 1 unspecified atom stereocenters. The first-order valence-electron chi connectivity index (χ1n) is 6.15. The second-order valence-electron chi connectivity index (χ2n) is 6.75. The average Bonchev–Trinajstić information content (AvgIpc) is 2.34. The van der Waals surface area contributed by atoms with Gasteiger partial charge in [0, 0.05) is 34.1 Å². The van der Waals surface area contributed by atoms with E-state index >= 15 is 0 Å². The quantitative estimate of drug-likeness (QED) is 0.477. The van der Waals surface area contributed by atoms with Crippen molar-refractivity contribution in [3.8, 4) is 0 Å². The Morgan fingerprint density at radius 1 is 1.38 bits per heavy atom. The zero-order valence-corrected chi connectivity index (χ0v) is 11.9. The number of carbonyl (C=O) groups excluding carboxylic acids is 1. The molecule has 0 N–H and O–H groups in total. The molecule has 0 aromatic heterocycles. The van der Waals surface area contributed by atoms with Crippen LogP contribution in [0.5, 0.6) is 0 Å². The predicted octanol–water partition coefficient (Wildman–Crippen LogP) is 3.35. The van der Waals surface area contributed by atoms with Crippen molar-refractivity contribution in [3.63, 3.8) is 0 Å². The van der Waals surface area contributed by atoms with Gasteiger partial charge in [0.25, 0.3) is 0 Å². The van der Waals surface area contributed by atoms with Crippen LogP contribution in [-0.2, 0) is 26.5 Å². The molecule has 16 heavy (non-hydrogen) atoms. The fraction of sp³-hybridized carbons (Fsp3) is 0.786. The zero-order valence-electron chi connectivity index (χ0n) is 10.3. The van der Waals surface area contributed by atoms with Crippen molar-refractivity contribution in [2.45, 2.75) is 46.0 Å². The Morgan fingerprint density at radius 2 is 2.06 bits per heavy atom. The molecule has 3 fully saturated rings. The van der Waals surface area contributed by atoms with Gasteiger partial charge in [0.1, 0.15) is 5.78 Å². The minimum atomic E-state index is 0. The maximum atomic E-state index is 12.0. The Kier molecular flexibility index (Phi) is 2.80. The second kappa shape index (κ2) is 3.56. The monoisotopic (exact) mass is 252 g/mol. The molecule has 0 aromatic carbocycles. The van der Waals surface area contributed by atoms with Gasteiger partial charge in [-0.1, -0.05) is 26.0 Å². The van der Waals surface area contributed by atoms with E-state index < -0.39 is 0 Å². The molecule has 0 aliphatic heterocycles. The summed E-state index contributed by atoms with van der Waals surface area (Å²) >= 11 is 0. The van der Waals surface area contributed by atoms with Crippen molar-refractivity contribution in [2.75, 3.05) is 0 Å². The van der Waals surface area contributed by atoms with Crippen LogP contribution in [-0.4, -0.2) is 5.78 Å². The Hall–Kier alpha value is 0.124. The Balaban J connectivity index is 0.000000963. The summed E-state index contributed by atoms with van der Waals surface area (Å²) < 4.78 is 0. The molecule has 86 valence electrons. The summed E-state index contributed by atoms with van der Waals surface area (Å²) in [6.07, 6.45) is 5.67. The normalized spacial score (nSPS) is 44.1. The van der Waals surface area contributed by atoms with Crippen LogP contribution in [0.2, 0.25) is 0 Å². The van der Waals surface area contributed by atoms with Gasteiger partial charge in [0.2, 0.25) is 0 Å². The maximum Gasteiger partial charge on any atom is 0.140 e. The number of Topliss-reactive ketones (excluding diaryl/α,β-unsaturated/α-hetero) is 1. The molecule has 0 heterocycles. The number of ketones is 1. The third kappa shape index (κ3) is 1.44. The van der Waals surface area contributed by atoms with Crippen LogP contribution < -0.4 is 0 Å². The van der Waals surface area contributed by atoms with Crippen LogP contribution in [0.4, 0.5) is 0 Å². The Bertz CT molecular complexity index is 358. The van der Waals surface area contributed by atoms with E-state index in [0.29, 0.717) is 16.6 Å². The van der Waals surface area contributed by atoms with Gasteiger partial charge in [0.15, 0.2) is 0 Å². The molecule has 3 saturated carbocycles. The van der Waals surface area contributed by atoms with Crippen LogP contribution in [0.3, 0.4) is 0 Å². The molecule has 3 atom stereocenters. The van der Waals surface area contributed by atoms with Crippen LogP contribution in [0.1, 0.15) is 46.0 Å². The molecule has 0 aromatic rings. The van der Waals surface area contributed by atoms with Crippen molar-refractivity contribution < 1.29 is 26.5 Å². The SMILES string of the molecule is C=C1C[C@]23CC(C)(C)C[C@H]2CCC(=O)C13.[Ti]. The topological polar surface area (TPSA) is 17.1 Å². The number of carbonyl (C=O) groups is 1. The van der Waals surface area contributed by atoms with E-state index in [1.54, 1.807) is 0 Å². The van der Waals surface area contributed by atoms with E-state index in [1.165, 1.54) is 18.4 Å². The predicted molar refractivity (Wildman–Crippen MR) is 60.4 cm³/mol. The first kappa shape index (κ1) is 12.6. The standard InChI is InChI=1S/C14H20O.Ti/c1-9-6-14-8-13(2,3)7-10(14)4-5-11(15)12(9)14;/h10,12H,1,4-8H2,2-3H3;/t10-,12?,14+;/m1./s1. The fourth-order valence-corrected chi connectivity index (χ4v) is 4.82. The number of rotatable bonds is 0. The van der Waals surface area contributed by atoms with Gasteiger partial charge < -0.3 is 0 Å². The second-order valence-corrected chi connectivity index (χ2v) is 6.75. The zero-order chi connectivity index (χ0) is 10.8. The van der Waals surface area contributed by atoms with Gasteiger partial charge in [-0.05, 0) is 42.4 Å². The summed E-state index contributed by atoms with van der Waals surface area (Å²) in [5.41, 5.74) is 2.03. The minimum absolute atomic E-state index is 0. The van der Waals surface area contributed by atoms with E-state index in [4.69, 9.17) is 0 Å². The van der Waals surface area contributed by atoms with Crippen LogP contribution in [0.15, 0.2) is 12.2 Å². The molecule has 3 rings (SSSR count). The van der Waals surface area contributed by atoms with E-state index in [2.05, 4.69) is 20.4 Å². The largest absolute Gasteiger partial charge is 0.299 e. The summed E-state index contributed by atoms with van der Waals surface area (Å²) in [6.45, 7) is 8.80. The number of hydrogen-bond donors (Lipinski definition) is 0. The molecule has 0 saturated heterocycles. The summed E-state index contributed by atoms with van der Waals surface area (Å²) in [4.78, 5) is 12.0. The third-order valence-electron chi connectivity index (χ3n) is 5.02. The molecule has 0 radical (unpaired) electrons. The van der Waals surface area contributed by atoms with Crippen molar-refractivity contribution in [1.82, 2.24) is 0 Å². The third-order valence-corrected chi connectivity index (χ3v) is 5.02. The molecule has 1 spiro atoms. The van der Waals surface area contributed by atoms with Crippen LogP contribution >= 0.6 is 0 Å². The maximum absolute atomic E-state index is 12.0. The summed E-state index contributed by atoms with van der Waals surface area (Å²) in [7, 11) is 0. The Labute approximate surface area is 113 Å². The minimum Gasteiger partial charge on any atom is -0.299 e. The van der Waals surface area contributed by atoms with Crippen LogP contribution in [0.25, 0.3) is 0 Å². The first-order chi connectivity index (χ1) is 6.95. The molecular weight excluding hydrogens is 232 g/mol. The van der Waals surface area contributed by atoms with Gasteiger partial charge in [0.05, 0.1) is 0 Å². The summed E-state index contributed by atoms with van der Waals surface area (Å²) in [5, 5.41) is 0. The van der Waals surface area contributed by atoms with Gasteiger partial charge in [-0.15, -0.1) is 0 Å². The molecule has 3 aliphatic carbocycles. The summed E-state index contributed by atoms with van der Waals surface area (Å²) in [6, 6.07) is 0. The Morgan fingerprint density at radius 3 is 2.69 bits per heavy atom. The van der Waals surface area contributed by atoms with E-state index in [9.17, 15) is 4.79 Å². The smallest absolute Gasteiger partial charge is 0.140 e. The van der Waals surface area contributed by atoms with Gasteiger partial charge in [-0.25, -0.2) is 0 Å². The molecular formula is C14H20OTi. The van der Waals surface area contributed by atoms with Crippen molar-refractivity contribution in [3.05, 3.63) is 12.2 Å². The van der Waals surface area contributed by atoms with Crippen LogP contribution in [0, 0.1) is 22.7 Å². The molecule has 2 heteroatoms. The fourth-order valence-electron chi connectivity index (χ4n) is 4.82. The molecule has 0 amide bonds. The van der Waals surface area contributed by atoms with Crippen molar-refractivity contribution in [2.24, 2.45) is 22.7 Å². The van der Waals surface area contributed by atoms with Crippen molar-refractivity contribution in [1.29, 1.82) is 0 Å². The van der Waals surface area contributed by atoms with Gasteiger partial charge in [-0.3, -0.25) is 4.79 Å². The van der Waals surface area contributed by atoms with E-state index in [0.717, 1.165) is 25.2 Å². The van der Waals surface area contributed by atoms with Gasteiger partial charge in [-0.2, -0.15) is 0 Å². The number of allylic oxidation sites excluding steroid dienone is 1. The van der Waals surface area contributed by atoms with Gasteiger partial charge >= 0.3 is 0 Å². The number of hydrogen-bond acceptors (Lipinski definition) is 1. The van der Waals surface area contributed by atoms with E-state index in [-0.39, 0.29) is 27.6 Å². The average molecular weight is 252 g/mol. The molecule has 1 nitrogen and oxygen atoms in total. The molecule has 3 aliphatic rings. The molecule has 0 bridgehead atoms. The van der Waals surface area contributed by atoms with E-state index in [1.807, 2.05) is 0 Å². The van der Waals surface area contributed by atoms with Crippen molar-refractivity contribution >= 4 is 5.78 Å².